The fourth-order valence-electron chi connectivity index (χ4n) is 7.74. The Morgan fingerprint density at radius 3 is 1.87 bits per heavy atom. The molecule has 0 N–H and O–H groups in total. The summed E-state index contributed by atoms with van der Waals surface area (Å²) in [6, 6.07) is 57.4. The van der Waals surface area contributed by atoms with Crippen molar-refractivity contribution in [2.75, 3.05) is 0 Å². The minimum atomic E-state index is 0.576. The van der Waals surface area contributed by atoms with Crippen LogP contribution in [0.5, 0.6) is 0 Å². The average molecular weight is 697 g/mol. The van der Waals surface area contributed by atoms with E-state index in [-0.39, 0.29) is 0 Å². The second-order valence-corrected chi connectivity index (χ2v) is 13.9. The van der Waals surface area contributed by atoms with Gasteiger partial charge in [-0.05, 0) is 71.0 Å². The van der Waals surface area contributed by atoms with Gasteiger partial charge in [-0.2, -0.15) is 9.97 Å². The molecule has 0 spiro atoms. The standard InChI is InChI=1S/C49H36N4O/c1-2-3-12-32-21-23-33(24-22-32)34-25-27-36(28-26-34)48-50-47(35-13-5-4-6-14-35)51-49(52-48)53-42-18-9-7-15-39(42)41-31-37(29-30-43(41)53)38-17-11-20-45-46(38)40-16-8-10-19-44(40)54-45/h4-11,13-31H,2-3,12H2,1H3. The molecule has 10 aromatic rings. The Morgan fingerprint density at radius 1 is 0.481 bits per heavy atom. The fourth-order valence-corrected chi connectivity index (χ4v) is 7.74. The Kier molecular flexibility index (Phi) is 7.84. The fraction of sp³-hybridized carbons (Fsp3) is 0.0816. The lowest BCUT2D eigenvalue weighted by atomic mass is 9.98. The van der Waals surface area contributed by atoms with Gasteiger partial charge in [0.25, 0.3) is 0 Å². The van der Waals surface area contributed by atoms with Crippen LogP contribution < -0.4 is 0 Å². The first-order valence-electron chi connectivity index (χ1n) is 18.7. The summed E-state index contributed by atoms with van der Waals surface area (Å²) in [6.45, 7) is 2.23. The van der Waals surface area contributed by atoms with Crippen molar-refractivity contribution in [2.24, 2.45) is 0 Å². The lowest BCUT2D eigenvalue weighted by Crippen LogP contribution is -2.06. The number of aromatic nitrogens is 4. The molecule has 0 radical (unpaired) electrons. The van der Waals surface area contributed by atoms with Crippen LogP contribution in [0.2, 0.25) is 0 Å². The topological polar surface area (TPSA) is 56.7 Å². The third-order valence-electron chi connectivity index (χ3n) is 10.5. The molecule has 3 aromatic heterocycles. The molecule has 7 aromatic carbocycles. The highest BCUT2D eigenvalue weighted by molar-refractivity contribution is 6.15. The maximum atomic E-state index is 6.25. The molecule has 0 bridgehead atoms. The van der Waals surface area contributed by atoms with Crippen LogP contribution in [0.4, 0.5) is 0 Å². The van der Waals surface area contributed by atoms with Crippen molar-refractivity contribution in [2.45, 2.75) is 26.2 Å². The van der Waals surface area contributed by atoms with E-state index < -0.39 is 0 Å². The Bertz CT molecular complexity index is 2960. The predicted molar refractivity (Wildman–Crippen MR) is 222 cm³/mol. The molecule has 5 nitrogen and oxygen atoms in total. The normalized spacial score (nSPS) is 11.6. The van der Waals surface area contributed by atoms with E-state index in [4.69, 9.17) is 19.4 Å². The van der Waals surface area contributed by atoms with Gasteiger partial charge in [-0.25, -0.2) is 4.98 Å². The molecule has 0 atom stereocenters. The zero-order valence-corrected chi connectivity index (χ0v) is 29.9. The quantitative estimate of drug-likeness (QED) is 0.159. The molecule has 0 aliphatic heterocycles. The first kappa shape index (κ1) is 31.9. The monoisotopic (exact) mass is 696 g/mol. The first-order valence-corrected chi connectivity index (χ1v) is 18.7. The van der Waals surface area contributed by atoms with Crippen molar-refractivity contribution in [3.05, 3.63) is 169 Å². The zero-order valence-electron chi connectivity index (χ0n) is 29.9. The third-order valence-corrected chi connectivity index (χ3v) is 10.5. The van der Waals surface area contributed by atoms with Gasteiger partial charge in [0.2, 0.25) is 5.95 Å². The van der Waals surface area contributed by atoms with Gasteiger partial charge in [0.15, 0.2) is 11.6 Å². The van der Waals surface area contributed by atoms with E-state index in [0.29, 0.717) is 17.6 Å². The molecular weight excluding hydrogens is 661 g/mol. The van der Waals surface area contributed by atoms with E-state index in [1.807, 2.05) is 36.4 Å². The van der Waals surface area contributed by atoms with Crippen LogP contribution in [0, 0.1) is 0 Å². The van der Waals surface area contributed by atoms with Crippen molar-refractivity contribution in [1.82, 2.24) is 19.5 Å². The molecule has 0 aliphatic carbocycles. The van der Waals surface area contributed by atoms with E-state index in [2.05, 4.69) is 139 Å². The highest BCUT2D eigenvalue weighted by Gasteiger charge is 2.19. The maximum absolute atomic E-state index is 6.25. The molecule has 3 heterocycles. The molecular formula is C49H36N4O. The van der Waals surface area contributed by atoms with Gasteiger partial charge in [0.1, 0.15) is 11.2 Å². The number of furan rings is 1. The summed E-state index contributed by atoms with van der Waals surface area (Å²) in [5, 5.41) is 4.50. The Hall–Kier alpha value is -6.85. The average Bonchev–Trinajstić information content (AvgIpc) is 3.79. The summed E-state index contributed by atoms with van der Waals surface area (Å²) >= 11 is 0. The minimum absolute atomic E-state index is 0.576. The number of hydrogen-bond acceptors (Lipinski definition) is 4. The summed E-state index contributed by atoms with van der Waals surface area (Å²) in [7, 11) is 0. The molecule has 10 rings (SSSR count). The van der Waals surface area contributed by atoms with E-state index in [1.165, 1.54) is 24.0 Å². The van der Waals surface area contributed by atoms with Crippen LogP contribution in [0.3, 0.4) is 0 Å². The van der Waals surface area contributed by atoms with Crippen molar-refractivity contribution >= 4 is 43.7 Å². The Morgan fingerprint density at radius 2 is 1.09 bits per heavy atom. The number of aryl methyl sites for hydroxylation is 1. The van der Waals surface area contributed by atoms with Crippen molar-refractivity contribution < 1.29 is 4.42 Å². The second-order valence-electron chi connectivity index (χ2n) is 13.9. The van der Waals surface area contributed by atoms with Gasteiger partial charge in [-0.3, -0.25) is 4.57 Å². The van der Waals surface area contributed by atoms with Crippen LogP contribution in [0.1, 0.15) is 25.3 Å². The van der Waals surface area contributed by atoms with E-state index in [9.17, 15) is 0 Å². The number of para-hydroxylation sites is 2. The molecule has 54 heavy (non-hydrogen) atoms. The number of hydrogen-bond donors (Lipinski definition) is 0. The molecule has 5 heteroatoms. The molecule has 0 amide bonds. The van der Waals surface area contributed by atoms with Crippen LogP contribution >= 0.6 is 0 Å². The number of nitrogens with zero attached hydrogens (tertiary/aromatic N) is 4. The largest absolute Gasteiger partial charge is 0.456 e. The number of fused-ring (bicyclic) bond motifs is 6. The maximum Gasteiger partial charge on any atom is 0.238 e. The van der Waals surface area contributed by atoms with E-state index >= 15 is 0 Å². The van der Waals surface area contributed by atoms with Crippen molar-refractivity contribution in [1.29, 1.82) is 0 Å². The lowest BCUT2D eigenvalue weighted by molar-refractivity contribution is 0.669. The third kappa shape index (κ3) is 5.53. The summed E-state index contributed by atoms with van der Waals surface area (Å²) in [6.07, 6.45) is 3.53. The van der Waals surface area contributed by atoms with Gasteiger partial charge in [0.05, 0.1) is 11.0 Å². The molecule has 0 unspecified atom stereocenters. The van der Waals surface area contributed by atoms with Gasteiger partial charge in [-0.1, -0.05) is 147 Å². The predicted octanol–water partition coefficient (Wildman–Crippen LogP) is 12.9. The van der Waals surface area contributed by atoms with Gasteiger partial charge in [0, 0.05) is 32.7 Å². The van der Waals surface area contributed by atoms with Crippen LogP contribution in [-0.2, 0) is 6.42 Å². The van der Waals surface area contributed by atoms with Crippen LogP contribution in [0.25, 0.3) is 94.7 Å². The summed E-state index contributed by atoms with van der Waals surface area (Å²) in [5.74, 6) is 1.83. The van der Waals surface area contributed by atoms with E-state index in [0.717, 1.165) is 78.0 Å². The molecule has 0 saturated heterocycles. The zero-order chi connectivity index (χ0) is 36.0. The summed E-state index contributed by atoms with van der Waals surface area (Å²) < 4.78 is 8.42. The smallest absolute Gasteiger partial charge is 0.238 e. The van der Waals surface area contributed by atoms with Crippen molar-refractivity contribution in [3.8, 4) is 51.0 Å². The number of rotatable bonds is 8. The van der Waals surface area contributed by atoms with E-state index in [1.54, 1.807) is 0 Å². The highest BCUT2D eigenvalue weighted by Crippen LogP contribution is 2.40. The van der Waals surface area contributed by atoms with Gasteiger partial charge >= 0.3 is 0 Å². The first-order chi connectivity index (χ1) is 26.7. The van der Waals surface area contributed by atoms with Gasteiger partial charge in [-0.15, -0.1) is 0 Å². The number of unbranched alkanes of at least 4 members (excludes halogenated alkanes) is 1. The SMILES string of the molecule is CCCCc1ccc(-c2ccc(-c3nc(-c4ccccc4)nc(-n4c5ccccc5c5cc(-c6cccc7oc8ccccc8c67)ccc54)n3)cc2)cc1. The van der Waals surface area contributed by atoms with Crippen LogP contribution in [0.15, 0.2) is 168 Å². The molecule has 0 aliphatic rings. The molecule has 0 saturated carbocycles. The second kappa shape index (κ2) is 13.3. The Labute approximate surface area is 313 Å². The summed E-state index contributed by atoms with van der Waals surface area (Å²) in [5.41, 5.74) is 11.7. The number of benzene rings is 7. The van der Waals surface area contributed by atoms with Gasteiger partial charge < -0.3 is 4.42 Å². The summed E-state index contributed by atoms with van der Waals surface area (Å²) in [4.78, 5) is 15.4. The molecule has 0 fully saturated rings. The minimum Gasteiger partial charge on any atom is -0.456 e. The van der Waals surface area contributed by atoms with Crippen LogP contribution in [-0.4, -0.2) is 19.5 Å². The lowest BCUT2D eigenvalue weighted by Gasteiger charge is -2.11. The van der Waals surface area contributed by atoms with Crippen molar-refractivity contribution in [3.63, 3.8) is 0 Å². The Balaban J connectivity index is 1.11. The highest BCUT2D eigenvalue weighted by atomic mass is 16.3. The molecule has 258 valence electrons.